The van der Waals surface area contributed by atoms with E-state index in [-0.39, 0.29) is 23.7 Å². The Kier molecular flexibility index (Phi) is 7.68. The summed E-state index contributed by atoms with van der Waals surface area (Å²) < 4.78 is 43.7. The molecule has 6 nitrogen and oxygen atoms in total. The molecule has 0 saturated carbocycles. The van der Waals surface area contributed by atoms with Crippen LogP contribution in [0.1, 0.15) is 21.5 Å². The van der Waals surface area contributed by atoms with Crippen molar-refractivity contribution < 1.29 is 27.5 Å². The molecule has 172 valence electrons. The Balaban J connectivity index is 1.54. The standard InChI is InChI=1S/C24H22F3N3O3/c1-33-21-10-8-16(9-11-21)14-28-15-22(31)29-19-6-2-4-17(12-19)23(32)30-20-7-3-5-18(13-20)24(25,26)27/h2-13,28H,14-15H2,1H3,(H,29,31)(H,30,32). The molecule has 0 aliphatic carbocycles. The van der Waals surface area contributed by atoms with E-state index < -0.39 is 17.6 Å². The lowest BCUT2D eigenvalue weighted by atomic mass is 10.1. The van der Waals surface area contributed by atoms with Crippen LogP contribution in [-0.2, 0) is 17.5 Å². The molecular weight excluding hydrogens is 435 g/mol. The van der Waals surface area contributed by atoms with Crippen LogP contribution in [0, 0.1) is 0 Å². The summed E-state index contributed by atoms with van der Waals surface area (Å²) in [7, 11) is 1.58. The maximum atomic E-state index is 12.9. The number of anilines is 2. The molecule has 3 N–H and O–H groups in total. The lowest BCUT2D eigenvalue weighted by molar-refractivity contribution is -0.137. The SMILES string of the molecule is COc1ccc(CNCC(=O)Nc2cccc(C(=O)Nc3cccc(C(F)(F)F)c3)c2)cc1. The van der Waals surface area contributed by atoms with Gasteiger partial charge in [-0.05, 0) is 54.1 Å². The molecule has 0 radical (unpaired) electrons. The van der Waals surface area contributed by atoms with Gasteiger partial charge >= 0.3 is 6.18 Å². The number of benzene rings is 3. The largest absolute Gasteiger partial charge is 0.497 e. The lowest BCUT2D eigenvalue weighted by Crippen LogP contribution is -2.27. The summed E-state index contributed by atoms with van der Waals surface area (Å²) in [6.45, 7) is 0.531. The molecule has 9 heteroatoms. The molecule has 0 saturated heterocycles. The quantitative estimate of drug-likeness (QED) is 0.458. The normalized spacial score (nSPS) is 11.0. The molecular formula is C24H22F3N3O3. The van der Waals surface area contributed by atoms with E-state index in [9.17, 15) is 22.8 Å². The second-order valence-corrected chi connectivity index (χ2v) is 7.11. The van der Waals surface area contributed by atoms with Gasteiger partial charge in [-0.2, -0.15) is 13.2 Å². The van der Waals surface area contributed by atoms with Gasteiger partial charge in [0.15, 0.2) is 0 Å². The van der Waals surface area contributed by atoms with Crippen molar-refractivity contribution in [2.45, 2.75) is 12.7 Å². The summed E-state index contributed by atoms with van der Waals surface area (Å²) in [6.07, 6.45) is -4.51. The van der Waals surface area contributed by atoms with Crippen LogP contribution in [0.5, 0.6) is 5.75 Å². The first kappa shape index (κ1) is 23.8. The number of carbonyl (C=O) groups is 2. The van der Waals surface area contributed by atoms with Gasteiger partial charge in [-0.1, -0.05) is 24.3 Å². The molecule has 33 heavy (non-hydrogen) atoms. The smallest absolute Gasteiger partial charge is 0.416 e. The van der Waals surface area contributed by atoms with Crippen molar-refractivity contribution in [3.8, 4) is 5.75 Å². The Bertz CT molecular complexity index is 1120. The Hall–Kier alpha value is -3.85. The molecule has 0 aliphatic rings. The van der Waals surface area contributed by atoms with Crippen molar-refractivity contribution in [1.29, 1.82) is 0 Å². The van der Waals surface area contributed by atoms with Crippen LogP contribution in [0.3, 0.4) is 0 Å². The topological polar surface area (TPSA) is 79.5 Å². The number of methoxy groups -OCH3 is 1. The number of halogens is 3. The van der Waals surface area contributed by atoms with Gasteiger partial charge in [0.05, 0.1) is 19.2 Å². The fourth-order valence-electron chi connectivity index (χ4n) is 2.98. The fourth-order valence-corrected chi connectivity index (χ4v) is 2.98. The minimum Gasteiger partial charge on any atom is -0.497 e. The predicted octanol–water partition coefficient (Wildman–Crippen LogP) is 4.69. The highest BCUT2D eigenvalue weighted by molar-refractivity contribution is 6.05. The van der Waals surface area contributed by atoms with Crippen molar-refractivity contribution in [2.75, 3.05) is 24.3 Å². The van der Waals surface area contributed by atoms with Crippen molar-refractivity contribution >= 4 is 23.2 Å². The van der Waals surface area contributed by atoms with Crippen molar-refractivity contribution in [3.63, 3.8) is 0 Å². The summed E-state index contributed by atoms with van der Waals surface area (Å²) in [6, 6.07) is 17.9. The van der Waals surface area contributed by atoms with E-state index in [0.29, 0.717) is 12.2 Å². The van der Waals surface area contributed by atoms with Gasteiger partial charge in [0.2, 0.25) is 5.91 Å². The molecule has 0 fully saturated rings. The van der Waals surface area contributed by atoms with Gasteiger partial charge in [0.25, 0.3) is 5.91 Å². The number of hydrogen-bond donors (Lipinski definition) is 3. The first-order chi connectivity index (χ1) is 15.7. The fraction of sp³-hybridized carbons (Fsp3) is 0.167. The summed E-state index contributed by atoms with van der Waals surface area (Å²) >= 11 is 0. The number of rotatable bonds is 8. The van der Waals surface area contributed by atoms with Crippen LogP contribution in [0.4, 0.5) is 24.5 Å². The number of ether oxygens (including phenoxy) is 1. The molecule has 0 heterocycles. The molecule has 3 aromatic carbocycles. The summed E-state index contributed by atoms with van der Waals surface area (Å²) in [5.74, 6) is -0.157. The number of amides is 2. The first-order valence-electron chi connectivity index (χ1n) is 9.97. The van der Waals surface area contributed by atoms with Gasteiger partial charge in [0, 0.05) is 23.5 Å². The van der Waals surface area contributed by atoms with E-state index in [4.69, 9.17) is 4.74 Å². The Morgan fingerprint density at radius 1 is 0.879 bits per heavy atom. The van der Waals surface area contributed by atoms with Crippen molar-refractivity contribution in [3.05, 3.63) is 89.5 Å². The first-order valence-corrected chi connectivity index (χ1v) is 9.97. The average Bonchev–Trinajstić information content (AvgIpc) is 2.79. The zero-order valence-corrected chi connectivity index (χ0v) is 17.7. The molecule has 3 rings (SSSR count). The van der Waals surface area contributed by atoms with Crippen LogP contribution < -0.4 is 20.7 Å². The Labute approximate surface area is 188 Å². The monoisotopic (exact) mass is 457 g/mol. The number of carbonyl (C=O) groups excluding carboxylic acids is 2. The van der Waals surface area contributed by atoms with E-state index in [2.05, 4.69) is 16.0 Å². The van der Waals surface area contributed by atoms with Crippen molar-refractivity contribution in [2.24, 2.45) is 0 Å². The maximum absolute atomic E-state index is 12.9. The van der Waals surface area contributed by atoms with Gasteiger partial charge in [-0.15, -0.1) is 0 Å². The molecule has 0 aromatic heterocycles. The second-order valence-electron chi connectivity index (χ2n) is 7.11. The van der Waals surface area contributed by atoms with Crippen LogP contribution in [-0.4, -0.2) is 25.5 Å². The minimum atomic E-state index is -4.51. The third kappa shape index (κ3) is 7.08. The molecule has 0 bridgehead atoms. The Morgan fingerprint density at radius 3 is 2.21 bits per heavy atom. The maximum Gasteiger partial charge on any atom is 0.416 e. The van der Waals surface area contributed by atoms with Crippen LogP contribution in [0.25, 0.3) is 0 Å². The molecule has 0 spiro atoms. The third-order valence-electron chi connectivity index (χ3n) is 4.63. The predicted molar refractivity (Wildman–Crippen MR) is 119 cm³/mol. The average molecular weight is 457 g/mol. The number of hydrogen-bond acceptors (Lipinski definition) is 4. The molecule has 2 amide bonds. The van der Waals surface area contributed by atoms with Gasteiger partial charge in [-0.25, -0.2) is 0 Å². The number of alkyl halides is 3. The van der Waals surface area contributed by atoms with Crippen LogP contribution in [0.2, 0.25) is 0 Å². The van der Waals surface area contributed by atoms with E-state index in [1.807, 2.05) is 24.3 Å². The zero-order valence-electron chi connectivity index (χ0n) is 17.7. The lowest BCUT2D eigenvalue weighted by Gasteiger charge is -2.11. The van der Waals surface area contributed by atoms with E-state index in [0.717, 1.165) is 23.4 Å². The summed E-state index contributed by atoms with van der Waals surface area (Å²) in [4.78, 5) is 24.7. The molecule has 0 unspecified atom stereocenters. The molecule has 3 aromatic rings. The minimum absolute atomic E-state index is 0.0204. The highest BCUT2D eigenvalue weighted by atomic mass is 19.4. The summed E-state index contributed by atoms with van der Waals surface area (Å²) in [5, 5.41) is 8.15. The van der Waals surface area contributed by atoms with Crippen LogP contribution >= 0.6 is 0 Å². The van der Waals surface area contributed by atoms with Gasteiger partial charge in [0.1, 0.15) is 5.75 Å². The van der Waals surface area contributed by atoms with E-state index >= 15 is 0 Å². The number of nitrogens with one attached hydrogen (secondary N) is 3. The zero-order chi connectivity index (χ0) is 23.8. The van der Waals surface area contributed by atoms with E-state index in [1.54, 1.807) is 19.2 Å². The van der Waals surface area contributed by atoms with Gasteiger partial charge in [-0.3, -0.25) is 9.59 Å². The molecule has 0 atom stereocenters. The molecule has 0 aliphatic heterocycles. The summed E-state index contributed by atoms with van der Waals surface area (Å²) in [5.41, 5.74) is 0.728. The third-order valence-corrected chi connectivity index (χ3v) is 4.63. The second kappa shape index (κ2) is 10.6. The highest BCUT2D eigenvalue weighted by Gasteiger charge is 2.30. The highest BCUT2D eigenvalue weighted by Crippen LogP contribution is 2.30. The van der Waals surface area contributed by atoms with Crippen LogP contribution in [0.15, 0.2) is 72.8 Å². The van der Waals surface area contributed by atoms with Gasteiger partial charge < -0.3 is 20.7 Å². The van der Waals surface area contributed by atoms with Crippen molar-refractivity contribution in [1.82, 2.24) is 5.32 Å². The Morgan fingerprint density at radius 2 is 1.55 bits per heavy atom. The van der Waals surface area contributed by atoms with E-state index in [1.165, 1.54) is 24.3 Å².